The lowest BCUT2D eigenvalue weighted by Crippen LogP contribution is -2.23. The average molecular weight is 385 g/mol. The fraction of sp³-hybridized carbons (Fsp3) is 0.182. The van der Waals surface area contributed by atoms with E-state index in [1.54, 1.807) is 50.2 Å². The Kier molecular flexibility index (Phi) is 5.73. The number of pyridine rings is 1. The van der Waals surface area contributed by atoms with Crippen molar-refractivity contribution in [1.29, 1.82) is 10.5 Å². The molecule has 7 heteroatoms. The first-order valence-corrected chi connectivity index (χ1v) is 8.94. The number of nitrogens with one attached hydrogen (secondary N) is 2. The number of carbonyl (C=O) groups is 1. The molecule has 1 amide bonds. The van der Waals surface area contributed by atoms with Gasteiger partial charge in [0, 0.05) is 23.2 Å². The van der Waals surface area contributed by atoms with Crippen LogP contribution in [0.5, 0.6) is 0 Å². The van der Waals surface area contributed by atoms with E-state index in [1.807, 2.05) is 0 Å². The molecule has 3 N–H and O–H groups in total. The van der Waals surface area contributed by atoms with Crippen molar-refractivity contribution in [3.63, 3.8) is 0 Å². The molecule has 7 nitrogen and oxygen atoms in total. The predicted octanol–water partition coefficient (Wildman–Crippen LogP) is 3.11. The van der Waals surface area contributed by atoms with Gasteiger partial charge in [0.15, 0.2) is 0 Å². The zero-order valence-electron chi connectivity index (χ0n) is 16.0. The Morgan fingerprint density at radius 2 is 1.86 bits per heavy atom. The number of dihydropyridines is 1. The number of rotatable bonds is 4. The molecule has 2 aromatic rings. The number of benzene rings is 1. The molecule has 0 saturated carbocycles. The third kappa shape index (κ3) is 4.01. The number of nitriles is 2. The largest absolute Gasteiger partial charge is 0.392 e. The Balaban J connectivity index is 1.93. The molecule has 1 aliphatic heterocycles. The van der Waals surface area contributed by atoms with Crippen LogP contribution in [0.2, 0.25) is 0 Å². The molecular formula is C22H19N5O2. The maximum atomic E-state index is 12.7. The summed E-state index contributed by atoms with van der Waals surface area (Å²) in [5, 5.41) is 34.1. The molecule has 0 bridgehead atoms. The lowest BCUT2D eigenvalue weighted by molar-refractivity contribution is 0.102. The highest BCUT2D eigenvalue weighted by atomic mass is 16.3. The van der Waals surface area contributed by atoms with Crippen molar-refractivity contribution >= 4 is 11.7 Å². The van der Waals surface area contributed by atoms with Crippen LogP contribution >= 0.6 is 0 Å². The summed E-state index contributed by atoms with van der Waals surface area (Å²) in [6, 6.07) is 14.5. The van der Waals surface area contributed by atoms with E-state index in [0.29, 0.717) is 45.0 Å². The Labute approximate surface area is 168 Å². The Hall–Kier alpha value is -3.94. The normalized spacial score (nSPS) is 14.1. The fourth-order valence-corrected chi connectivity index (χ4v) is 3.26. The fourth-order valence-electron chi connectivity index (χ4n) is 3.26. The minimum absolute atomic E-state index is 0.123. The molecule has 1 aromatic carbocycles. The highest BCUT2D eigenvalue weighted by Gasteiger charge is 2.29. The van der Waals surface area contributed by atoms with Crippen molar-refractivity contribution in [2.75, 3.05) is 5.32 Å². The highest BCUT2D eigenvalue weighted by molar-refractivity contribution is 6.03. The van der Waals surface area contributed by atoms with Crippen LogP contribution in [0.3, 0.4) is 0 Å². The minimum atomic E-state index is -0.527. The first kappa shape index (κ1) is 19.8. The number of carbonyl (C=O) groups excluding carboxylic acids is 1. The number of nitrogens with zero attached hydrogens (tertiary/aromatic N) is 3. The first-order valence-electron chi connectivity index (χ1n) is 8.94. The summed E-state index contributed by atoms with van der Waals surface area (Å²) < 4.78 is 0. The van der Waals surface area contributed by atoms with Crippen molar-refractivity contribution in [3.8, 4) is 12.1 Å². The van der Waals surface area contributed by atoms with Gasteiger partial charge in [0.2, 0.25) is 0 Å². The molecular weight excluding hydrogens is 366 g/mol. The monoisotopic (exact) mass is 385 g/mol. The van der Waals surface area contributed by atoms with E-state index in [0.717, 1.165) is 0 Å². The summed E-state index contributed by atoms with van der Waals surface area (Å²) in [6.45, 7) is 3.46. The van der Waals surface area contributed by atoms with Crippen molar-refractivity contribution in [3.05, 3.63) is 81.8 Å². The van der Waals surface area contributed by atoms with Gasteiger partial charge in [0.1, 0.15) is 5.82 Å². The number of amides is 1. The van der Waals surface area contributed by atoms with Gasteiger partial charge in [-0.1, -0.05) is 18.2 Å². The second-order valence-corrected chi connectivity index (χ2v) is 6.65. The minimum Gasteiger partial charge on any atom is -0.392 e. The van der Waals surface area contributed by atoms with Gasteiger partial charge in [-0.25, -0.2) is 4.98 Å². The van der Waals surface area contributed by atoms with Crippen molar-refractivity contribution in [2.45, 2.75) is 26.4 Å². The summed E-state index contributed by atoms with van der Waals surface area (Å²) in [6.07, 6.45) is 1.49. The maximum absolute atomic E-state index is 12.7. The van der Waals surface area contributed by atoms with Gasteiger partial charge in [0.05, 0.1) is 35.8 Å². The molecule has 29 heavy (non-hydrogen) atoms. The summed E-state index contributed by atoms with van der Waals surface area (Å²) in [5.74, 6) is -0.522. The smallest absolute Gasteiger partial charge is 0.256 e. The second-order valence-electron chi connectivity index (χ2n) is 6.65. The van der Waals surface area contributed by atoms with Gasteiger partial charge in [-0.2, -0.15) is 10.5 Å². The van der Waals surface area contributed by atoms with Crippen LogP contribution in [0.15, 0.2) is 65.1 Å². The lowest BCUT2D eigenvalue weighted by atomic mass is 9.81. The number of hydrogen-bond acceptors (Lipinski definition) is 6. The van der Waals surface area contributed by atoms with E-state index in [9.17, 15) is 15.3 Å². The highest BCUT2D eigenvalue weighted by Crippen LogP contribution is 2.37. The number of allylic oxidation sites excluding steroid dienone is 4. The molecule has 0 saturated heterocycles. The average Bonchev–Trinajstić information content (AvgIpc) is 2.74. The van der Waals surface area contributed by atoms with Crippen LogP contribution in [0.25, 0.3) is 0 Å². The van der Waals surface area contributed by atoms with Crippen molar-refractivity contribution < 1.29 is 9.90 Å². The van der Waals surface area contributed by atoms with E-state index >= 15 is 0 Å². The molecule has 1 aliphatic rings. The van der Waals surface area contributed by atoms with Crippen LogP contribution in [-0.4, -0.2) is 16.0 Å². The second kappa shape index (κ2) is 8.39. The van der Waals surface area contributed by atoms with Gasteiger partial charge in [0.25, 0.3) is 5.91 Å². The SMILES string of the molecule is CC1=C(C#N)C(c2cccc(C(=O)Nc3ccc(CO)cn3)c2)C(C#N)=C(C)N1. The Bertz CT molecular complexity index is 1070. The van der Waals surface area contributed by atoms with E-state index < -0.39 is 5.92 Å². The van der Waals surface area contributed by atoms with Gasteiger partial charge < -0.3 is 15.7 Å². The van der Waals surface area contributed by atoms with Crippen LogP contribution in [0, 0.1) is 22.7 Å². The van der Waals surface area contributed by atoms with Crippen LogP contribution in [-0.2, 0) is 6.61 Å². The summed E-state index contributed by atoms with van der Waals surface area (Å²) in [5.41, 5.74) is 4.01. The number of anilines is 1. The standard InChI is InChI=1S/C22H19N5O2/c1-13-18(9-23)21(19(10-24)14(2)26-13)16-4-3-5-17(8-16)22(29)27-20-7-6-15(12-28)11-25-20/h3-8,11,21,26,28H,12H2,1-2H3,(H,25,27,29). The van der Waals surface area contributed by atoms with Crippen molar-refractivity contribution in [2.24, 2.45) is 0 Å². The predicted molar refractivity (Wildman–Crippen MR) is 107 cm³/mol. The molecule has 0 radical (unpaired) electrons. The van der Waals surface area contributed by atoms with Gasteiger partial charge in [-0.15, -0.1) is 0 Å². The first-order chi connectivity index (χ1) is 14.0. The number of aliphatic hydroxyl groups excluding tert-OH is 1. The Morgan fingerprint density at radius 3 is 2.41 bits per heavy atom. The van der Waals surface area contributed by atoms with E-state index in [2.05, 4.69) is 27.8 Å². The molecule has 0 atom stereocenters. The summed E-state index contributed by atoms with van der Waals surface area (Å²) in [7, 11) is 0. The number of hydrogen-bond donors (Lipinski definition) is 3. The molecule has 0 fully saturated rings. The molecule has 2 heterocycles. The quantitative estimate of drug-likeness (QED) is 0.743. The summed E-state index contributed by atoms with van der Waals surface area (Å²) >= 11 is 0. The van der Waals surface area contributed by atoms with E-state index in [1.165, 1.54) is 6.20 Å². The molecule has 144 valence electrons. The van der Waals surface area contributed by atoms with Gasteiger partial charge >= 0.3 is 0 Å². The maximum Gasteiger partial charge on any atom is 0.256 e. The van der Waals surface area contributed by atoms with Crippen LogP contribution < -0.4 is 10.6 Å². The molecule has 3 rings (SSSR count). The lowest BCUT2D eigenvalue weighted by Gasteiger charge is -2.26. The topological polar surface area (TPSA) is 122 Å². The molecule has 1 aromatic heterocycles. The van der Waals surface area contributed by atoms with Gasteiger partial charge in [-0.05, 0) is 43.2 Å². The third-order valence-electron chi connectivity index (χ3n) is 4.73. The van der Waals surface area contributed by atoms with Gasteiger partial charge in [-0.3, -0.25) is 4.79 Å². The number of aromatic nitrogens is 1. The zero-order valence-corrected chi connectivity index (χ0v) is 16.0. The molecule has 0 spiro atoms. The van der Waals surface area contributed by atoms with Crippen LogP contribution in [0.1, 0.15) is 41.3 Å². The summed E-state index contributed by atoms with van der Waals surface area (Å²) in [4.78, 5) is 16.8. The van der Waals surface area contributed by atoms with Crippen LogP contribution in [0.4, 0.5) is 5.82 Å². The molecule has 0 unspecified atom stereocenters. The zero-order chi connectivity index (χ0) is 21.0. The van der Waals surface area contributed by atoms with E-state index in [4.69, 9.17) is 5.11 Å². The van der Waals surface area contributed by atoms with Crippen molar-refractivity contribution in [1.82, 2.24) is 10.3 Å². The molecule has 0 aliphatic carbocycles. The third-order valence-corrected chi connectivity index (χ3v) is 4.73. The Morgan fingerprint density at radius 1 is 1.17 bits per heavy atom. The van der Waals surface area contributed by atoms with E-state index in [-0.39, 0.29) is 12.5 Å². The number of aliphatic hydroxyl groups is 1.